The van der Waals surface area contributed by atoms with Crippen molar-refractivity contribution in [2.24, 2.45) is 7.05 Å². The number of aryl methyl sites for hydroxylation is 2. The molecular formula is C16H18N4OS. The number of hydrogen-bond donors (Lipinski definition) is 0. The van der Waals surface area contributed by atoms with Crippen molar-refractivity contribution in [3.8, 4) is 0 Å². The quantitative estimate of drug-likeness (QED) is 0.656. The van der Waals surface area contributed by atoms with Gasteiger partial charge in [0.25, 0.3) is 5.56 Å². The fourth-order valence-electron chi connectivity index (χ4n) is 2.33. The predicted molar refractivity (Wildman–Crippen MR) is 90.0 cm³/mol. The van der Waals surface area contributed by atoms with Crippen molar-refractivity contribution in [3.05, 3.63) is 58.8 Å². The Morgan fingerprint density at radius 1 is 1.23 bits per heavy atom. The topological polar surface area (TPSA) is 52.7 Å². The van der Waals surface area contributed by atoms with Gasteiger partial charge in [-0.3, -0.25) is 14.0 Å². The molecule has 3 rings (SSSR count). The second-order valence-electron chi connectivity index (χ2n) is 5.14. The smallest absolute Gasteiger partial charge is 0.264 e. The van der Waals surface area contributed by atoms with Crippen LogP contribution in [0.4, 0.5) is 0 Å². The zero-order valence-corrected chi connectivity index (χ0v) is 13.3. The maximum atomic E-state index is 12.3. The number of thioether (sulfide) groups is 1. The van der Waals surface area contributed by atoms with Crippen LogP contribution in [0.25, 0.3) is 11.0 Å². The van der Waals surface area contributed by atoms with Crippen LogP contribution in [-0.4, -0.2) is 25.1 Å². The van der Waals surface area contributed by atoms with E-state index in [9.17, 15) is 4.79 Å². The van der Waals surface area contributed by atoms with Gasteiger partial charge in [-0.05, 0) is 17.7 Å². The first-order chi connectivity index (χ1) is 10.8. The van der Waals surface area contributed by atoms with Crippen molar-refractivity contribution in [3.63, 3.8) is 0 Å². The van der Waals surface area contributed by atoms with E-state index in [-0.39, 0.29) is 5.56 Å². The van der Waals surface area contributed by atoms with Gasteiger partial charge in [0.2, 0.25) is 0 Å². The van der Waals surface area contributed by atoms with E-state index in [0.29, 0.717) is 17.6 Å². The van der Waals surface area contributed by atoms with E-state index < -0.39 is 0 Å². The summed E-state index contributed by atoms with van der Waals surface area (Å²) >= 11 is 1.89. The van der Waals surface area contributed by atoms with Gasteiger partial charge in [0.1, 0.15) is 5.39 Å². The molecule has 5 nitrogen and oxygen atoms in total. The number of rotatable bonds is 6. The summed E-state index contributed by atoms with van der Waals surface area (Å²) < 4.78 is 3.30. The van der Waals surface area contributed by atoms with E-state index >= 15 is 0 Å². The van der Waals surface area contributed by atoms with Gasteiger partial charge < -0.3 is 0 Å². The monoisotopic (exact) mass is 314 g/mol. The lowest BCUT2D eigenvalue weighted by atomic mass is 10.2. The standard InChI is InChI=1S/C16H18N4OS/c1-19-15-14(10-18-19)16(21)20(12-17-15)8-5-9-22-11-13-6-3-2-4-7-13/h2-4,6-7,10,12H,5,8-9,11H2,1H3. The van der Waals surface area contributed by atoms with Gasteiger partial charge in [-0.1, -0.05) is 30.3 Å². The van der Waals surface area contributed by atoms with Crippen LogP contribution in [-0.2, 0) is 19.3 Å². The number of aromatic nitrogens is 4. The Hall–Kier alpha value is -2.08. The molecule has 3 aromatic rings. The van der Waals surface area contributed by atoms with Crippen molar-refractivity contribution in [1.29, 1.82) is 0 Å². The molecule has 0 fully saturated rings. The Labute approximate surface area is 133 Å². The van der Waals surface area contributed by atoms with Crippen LogP contribution >= 0.6 is 11.8 Å². The van der Waals surface area contributed by atoms with Gasteiger partial charge in [0.15, 0.2) is 5.65 Å². The molecule has 0 aliphatic rings. The summed E-state index contributed by atoms with van der Waals surface area (Å²) in [6, 6.07) is 10.4. The van der Waals surface area contributed by atoms with Gasteiger partial charge in [-0.2, -0.15) is 16.9 Å². The van der Waals surface area contributed by atoms with Gasteiger partial charge in [0, 0.05) is 19.3 Å². The van der Waals surface area contributed by atoms with E-state index in [0.717, 1.165) is 17.9 Å². The Kier molecular flexibility index (Phi) is 4.58. The van der Waals surface area contributed by atoms with Crippen LogP contribution < -0.4 is 5.56 Å². The first kappa shape index (κ1) is 14.8. The maximum Gasteiger partial charge on any atom is 0.264 e. The van der Waals surface area contributed by atoms with E-state index in [1.54, 1.807) is 28.8 Å². The molecule has 2 heterocycles. The summed E-state index contributed by atoms with van der Waals surface area (Å²) in [6.07, 6.45) is 4.16. The fraction of sp³-hybridized carbons (Fsp3) is 0.312. The highest BCUT2D eigenvalue weighted by Gasteiger charge is 2.07. The third kappa shape index (κ3) is 3.22. The second-order valence-corrected chi connectivity index (χ2v) is 6.25. The van der Waals surface area contributed by atoms with Gasteiger partial charge >= 0.3 is 0 Å². The predicted octanol–water partition coefficient (Wildman–Crippen LogP) is 2.45. The van der Waals surface area contributed by atoms with Crippen molar-refractivity contribution >= 4 is 22.8 Å². The van der Waals surface area contributed by atoms with Crippen LogP contribution in [0.3, 0.4) is 0 Å². The molecule has 6 heteroatoms. The first-order valence-electron chi connectivity index (χ1n) is 7.24. The summed E-state index contributed by atoms with van der Waals surface area (Å²) in [5.41, 5.74) is 1.97. The Morgan fingerprint density at radius 3 is 2.86 bits per heavy atom. The second kappa shape index (κ2) is 6.79. The van der Waals surface area contributed by atoms with Crippen LogP contribution in [0.15, 0.2) is 47.7 Å². The molecule has 1 aromatic carbocycles. The van der Waals surface area contributed by atoms with E-state index in [4.69, 9.17) is 0 Å². The largest absolute Gasteiger partial charge is 0.299 e. The molecule has 0 amide bonds. The van der Waals surface area contributed by atoms with E-state index in [1.807, 2.05) is 17.8 Å². The lowest BCUT2D eigenvalue weighted by Crippen LogP contribution is -2.20. The summed E-state index contributed by atoms with van der Waals surface area (Å²) in [5.74, 6) is 2.03. The summed E-state index contributed by atoms with van der Waals surface area (Å²) in [7, 11) is 1.79. The molecule has 0 spiro atoms. The summed E-state index contributed by atoms with van der Waals surface area (Å²) in [5, 5.41) is 4.66. The van der Waals surface area contributed by atoms with Crippen molar-refractivity contribution in [2.45, 2.75) is 18.7 Å². The molecule has 114 valence electrons. The average Bonchev–Trinajstić information content (AvgIpc) is 2.92. The van der Waals surface area contributed by atoms with E-state index in [1.165, 1.54) is 5.56 Å². The SMILES string of the molecule is Cn1ncc2c(=O)n(CCCSCc3ccccc3)cnc21. The molecule has 0 aliphatic carbocycles. The van der Waals surface area contributed by atoms with E-state index in [2.05, 4.69) is 34.3 Å². The molecule has 2 aromatic heterocycles. The molecule has 0 aliphatic heterocycles. The van der Waals surface area contributed by atoms with Crippen molar-refractivity contribution in [2.75, 3.05) is 5.75 Å². The zero-order valence-electron chi connectivity index (χ0n) is 12.5. The minimum atomic E-state index is -0.00819. The maximum absolute atomic E-state index is 12.3. The van der Waals surface area contributed by atoms with Crippen LogP contribution in [0.2, 0.25) is 0 Å². The Morgan fingerprint density at radius 2 is 2.05 bits per heavy atom. The molecule has 22 heavy (non-hydrogen) atoms. The summed E-state index contributed by atoms with van der Waals surface area (Å²) in [4.78, 5) is 16.6. The van der Waals surface area contributed by atoms with Gasteiger partial charge in [-0.15, -0.1) is 0 Å². The average molecular weight is 314 g/mol. The number of benzene rings is 1. The van der Waals surface area contributed by atoms with Crippen molar-refractivity contribution < 1.29 is 0 Å². The lowest BCUT2D eigenvalue weighted by Gasteiger charge is -2.05. The molecule has 0 unspecified atom stereocenters. The molecule has 0 N–H and O–H groups in total. The minimum absolute atomic E-state index is 0.00819. The molecule has 0 radical (unpaired) electrons. The highest BCUT2D eigenvalue weighted by Crippen LogP contribution is 2.13. The van der Waals surface area contributed by atoms with Crippen LogP contribution in [0.1, 0.15) is 12.0 Å². The number of fused-ring (bicyclic) bond motifs is 1. The van der Waals surface area contributed by atoms with Crippen molar-refractivity contribution in [1.82, 2.24) is 19.3 Å². The summed E-state index contributed by atoms with van der Waals surface area (Å²) in [6.45, 7) is 0.693. The van der Waals surface area contributed by atoms with Gasteiger partial charge in [0.05, 0.1) is 12.5 Å². The zero-order chi connectivity index (χ0) is 15.4. The highest BCUT2D eigenvalue weighted by atomic mass is 32.2. The molecular weight excluding hydrogens is 296 g/mol. The fourth-order valence-corrected chi connectivity index (χ4v) is 3.23. The number of hydrogen-bond acceptors (Lipinski definition) is 4. The first-order valence-corrected chi connectivity index (χ1v) is 8.40. The minimum Gasteiger partial charge on any atom is -0.299 e. The Balaban J connectivity index is 1.54. The number of nitrogens with zero attached hydrogens (tertiary/aromatic N) is 4. The third-order valence-electron chi connectivity index (χ3n) is 3.52. The normalized spacial score (nSPS) is 11.1. The molecule has 0 saturated heterocycles. The Bertz CT molecular complexity index is 810. The molecule has 0 saturated carbocycles. The van der Waals surface area contributed by atoms with Crippen LogP contribution in [0.5, 0.6) is 0 Å². The lowest BCUT2D eigenvalue weighted by molar-refractivity contribution is 0.650. The van der Waals surface area contributed by atoms with Gasteiger partial charge in [-0.25, -0.2) is 4.98 Å². The molecule has 0 bridgehead atoms. The highest BCUT2D eigenvalue weighted by molar-refractivity contribution is 7.98. The molecule has 0 atom stereocenters. The third-order valence-corrected chi connectivity index (χ3v) is 4.63. The van der Waals surface area contributed by atoms with Crippen LogP contribution in [0, 0.1) is 0 Å².